The minimum Gasteiger partial charge on any atom is -0.467 e. The van der Waals surface area contributed by atoms with Crippen molar-refractivity contribution >= 4 is 12.1 Å². The molecule has 0 radical (unpaired) electrons. The van der Waals surface area contributed by atoms with Gasteiger partial charge in [-0.15, -0.1) is 0 Å². The van der Waals surface area contributed by atoms with E-state index < -0.39 is 41.7 Å². The minimum absolute atomic E-state index is 0.0556. The van der Waals surface area contributed by atoms with E-state index in [-0.39, 0.29) is 12.8 Å². The smallest absolute Gasteiger partial charge is 0.408 e. The second kappa shape index (κ2) is 5.73. The summed E-state index contributed by atoms with van der Waals surface area (Å²) < 4.78 is 48.2. The molecule has 1 amide bonds. The molecule has 8 heteroatoms. The van der Waals surface area contributed by atoms with Crippen LogP contribution in [0.5, 0.6) is 0 Å². The number of alkyl carbamates (subject to hydrolysis) is 1. The van der Waals surface area contributed by atoms with Crippen LogP contribution in [0, 0.1) is 5.41 Å². The number of hydrogen-bond acceptors (Lipinski definition) is 4. The third-order valence-corrected chi connectivity index (χ3v) is 3.23. The Morgan fingerprint density at radius 1 is 1.24 bits per heavy atom. The molecular weight excluding hydrogens is 291 g/mol. The molecule has 1 unspecified atom stereocenters. The number of carbonyl (C=O) groups is 2. The summed E-state index contributed by atoms with van der Waals surface area (Å²) in [5.74, 6) is -0.920. The van der Waals surface area contributed by atoms with Crippen LogP contribution in [-0.4, -0.2) is 37.0 Å². The summed E-state index contributed by atoms with van der Waals surface area (Å²) in [6, 6.07) is -1.38. The zero-order valence-corrected chi connectivity index (χ0v) is 12.5. The van der Waals surface area contributed by atoms with Gasteiger partial charge in [-0.1, -0.05) is 0 Å². The summed E-state index contributed by atoms with van der Waals surface area (Å²) in [7, 11) is 1.05. The third-order valence-electron chi connectivity index (χ3n) is 3.23. The van der Waals surface area contributed by atoms with Crippen molar-refractivity contribution in [2.75, 3.05) is 7.11 Å². The maximum absolute atomic E-state index is 12.9. The maximum atomic E-state index is 12.9. The number of rotatable bonds is 4. The van der Waals surface area contributed by atoms with Gasteiger partial charge in [0, 0.05) is 0 Å². The fraction of sp³-hybridized carbons (Fsp3) is 0.846. The first-order chi connectivity index (χ1) is 9.40. The monoisotopic (exact) mass is 311 g/mol. The van der Waals surface area contributed by atoms with E-state index in [1.54, 1.807) is 20.8 Å². The van der Waals surface area contributed by atoms with Gasteiger partial charge in [-0.3, -0.25) is 0 Å². The second-order valence-electron chi connectivity index (χ2n) is 6.20. The maximum Gasteiger partial charge on any atom is 0.408 e. The van der Waals surface area contributed by atoms with Crippen LogP contribution >= 0.6 is 0 Å². The summed E-state index contributed by atoms with van der Waals surface area (Å²) >= 11 is 0. The fourth-order valence-electron chi connectivity index (χ4n) is 1.93. The number of ether oxygens (including phenoxy) is 2. The molecule has 0 heterocycles. The number of alkyl halides is 3. The van der Waals surface area contributed by atoms with E-state index in [0.717, 1.165) is 7.11 Å². The number of nitrogens with one attached hydrogen (secondary N) is 1. The van der Waals surface area contributed by atoms with Crippen LogP contribution in [0.25, 0.3) is 0 Å². The van der Waals surface area contributed by atoms with Crippen LogP contribution in [0.1, 0.15) is 40.0 Å². The van der Waals surface area contributed by atoms with E-state index in [0.29, 0.717) is 0 Å². The number of esters is 1. The van der Waals surface area contributed by atoms with Gasteiger partial charge in [-0.2, -0.15) is 13.2 Å². The van der Waals surface area contributed by atoms with E-state index in [1.165, 1.54) is 0 Å². The highest BCUT2D eigenvalue weighted by Crippen LogP contribution is 2.60. The summed E-state index contributed by atoms with van der Waals surface area (Å²) in [5.41, 5.74) is -2.73. The average molecular weight is 311 g/mol. The van der Waals surface area contributed by atoms with Crippen molar-refractivity contribution in [3.63, 3.8) is 0 Å². The highest BCUT2D eigenvalue weighted by atomic mass is 19.4. The third kappa shape index (κ3) is 4.78. The van der Waals surface area contributed by atoms with Crippen molar-refractivity contribution < 1.29 is 32.2 Å². The Bertz CT molecular complexity index is 411. The second-order valence-corrected chi connectivity index (χ2v) is 6.20. The van der Waals surface area contributed by atoms with Crippen molar-refractivity contribution in [1.82, 2.24) is 5.32 Å². The van der Waals surface area contributed by atoms with Gasteiger partial charge in [0.05, 0.1) is 12.5 Å². The zero-order chi connectivity index (χ0) is 16.5. The Morgan fingerprint density at radius 2 is 1.76 bits per heavy atom. The van der Waals surface area contributed by atoms with Crippen LogP contribution in [0.2, 0.25) is 0 Å². The van der Waals surface area contributed by atoms with E-state index in [2.05, 4.69) is 10.1 Å². The molecule has 21 heavy (non-hydrogen) atoms. The van der Waals surface area contributed by atoms with Crippen molar-refractivity contribution in [3.8, 4) is 0 Å². The van der Waals surface area contributed by atoms with Crippen LogP contribution < -0.4 is 5.32 Å². The van der Waals surface area contributed by atoms with E-state index >= 15 is 0 Å². The number of halogens is 3. The van der Waals surface area contributed by atoms with Gasteiger partial charge in [0.15, 0.2) is 0 Å². The van der Waals surface area contributed by atoms with E-state index in [4.69, 9.17) is 4.74 Å². The number of methoxy groups -OCH3 is 1. The predicted octanol–water partition coefficient (Wildman–Crippen LogP) is 2.79. The SMILES string of the molecule is COC(=O)C(CC1(C(F)(F)F)CC1)NC(=O)OC(C)(C)C. The normalized spacial score (nSPS) is 18.6. The topological polar surface area (TPSA) is 64.6 Å². The molecule has 0 aromatic heterocycles. The Morgan fingerprint density at radius 3 is 2.10 bits per heavy atom. The largest absolute Gasteiger partial charge is 0.467 e. The van der Waals surface area contributed by atoms with Gasteiger partial charge in [0.2, 0.25) is 0 Å². The van der Waals surface area contributed by atoms with Crippen LogP contribution in [0.15, 0.2) is 0 Å². The van der Waals surface area contributed by atoms with Crippen LogP contribution in [0.4, 0.5) is 18.0 Å². The molecule has 0 aromatic rings. The first kappa shape index (κ1) is 17.6. The van der Waals surface area contributed by atoms with Gasteiger partial charge in [-0.25, -0.2) is 9.59 Å². The Hall–Kier alpha value is -1.47. The molecule has 1 aliphatic rings. The highest BCUT2D eigenvalue weighted by Gasteiger charge is 2.64. The first-order valence-electron chi connectivity index (χ1n) is 6.54. The quantitative estimate of drug-likeness (QED) is 0.811. The van der Waals surface area contributed by atoms with Crippen molar-refractivity contribution in [3.05, 3.63) is 0 Å². The molecule has 1 fully saturated rings. The lowest BCUT2D eigenvalue weighted by molar-refractivity contribution is -0.191. The Labute approximate surface area is 121 Å². The van der Waals surface area contributed by atoms with E-state index in [9.17, 15) is 22.8 Å². The summed E-state index contributed by atoms with van der Waals surface area (Å²) in [6.07, 6.45) is -6.01. The summed E-state index contributed by atoms with van der Waals surface area (Å²) in [4.78, 5) is 23.2. The molecule has 0 saturated heterocycles. The number of amides is 1. The minimum atomic E-state index is -4.41. The van der Waals surface area contributed by atoms with Crippen LogP contribution in [-0.2, 0) is 14.3 Å². The van der Waals surface area contributed by atoms with Crippen molar-refractivity contribution in [2.45, 2.75) is 57.9 Å². The molecule has 1 saturated carbocycles. The van der Waals surface area contributed by atoms with Gasteiger partial charge in [-0.05, 0) is 40.0 Å². The molecule has 1 aliphatic carbocycles. The Balaban J connectivity index is 2.74. The molecule has 1 N–H and O–H groups in total. The highest BCUT2D eigenvalue weighted by molar-refractivity contribution is 5.81. The molecule has 0 aromatic carbocycles. The molecule has 0 spiro atoms. The summed E-state index contributed by atoms with van der Waals surface area (Å²) in [5, 5.41) is 2.16. The average Bonchev–Trinajstić information content (AvgIpc) is 3.04. The number of carbonyl (C=O) groups excluding carboxylic acids is 2. The lowest BCUT2D eigenvalue weighted by Crippen LogP contribution is -2.46. The number of hydrogen-bond donors (Lipinski definition) is 1. The molecule has 1 rings (SSSR count). The molecule has 5 nitrogen and oxygen atoms in total. The molecular formula is C13H20F3NO4. The fourth-order valence-corrected chi connectivity index (χ4v) is 1.93. The predicted molar refractivity (Wildman–Crippen MR) is 67.5 cm³/mol. The Kier molecular flexibility index (Phi) is 4.80. The van der Waals surface area contributed by atoms with Gasteiger partial charge in [0.1, 0.15) is 11.6 Å². The standard InChI is InChI=1S/C13H20F3NO4/c1-11(2,3)21-10(19)17-8(9(18)20-4)7-12(5-6-12)13(14,15)16/h8H,5-7H2,1-4H3,(H,17,19). The van der Waals surface area contributed by atoms with Crippen molar-refractivity contribution in [1.29, 1.82) is 0 Å². The molecule has 1 atom stereocenters. The lowest BCUT2D eigenvalue weighted by Gasteiger charge is -2.26. The zero-order valence-electron chi connectivity index (χ0n) is 12.5. The van der Waals surface area contributed by atoms with Gasteiger partial charge < -0.3 is 14.8 Å². The lowest BCUT2D eigenvalue weighted by atomic mass is 9.96. The molecule has 0 bridgehead atoms. The first-order valence-corrected chi connectivity index (χ1v) is 6.54. The van der Waals surface area contributed by atoms with Crippen molar-refractivity contribution in [2.24, 2.45) is 5.41 Å². The van der Waals surface area contributed by atoms with Gasteiger partial charge >= 0.3 is 18.2 Å². The van der Waals surface area contributed by atoms with Crippen LogP contribution in [0.3, 0.4) is 0 Å². The van der Waals surface area contributed by atoms with E-state index in [1.807, 2.05) is 0 Å². The van der Waals surface area contributed by atoms with Gasteiger partial charge in [0.25, 0.3) is 0 Å². The molecule has 0 aliphatic heterocycles. The molecule has 122 valence electrons. The summed E-state index contributed by atoms with van der Waals surface area (Å²) in [6.45, 7) is 4.83.